The molecule has 4 rings (SSSR count). The number of benzene rings is 3. The van der Waals surface area contributed by atoms with Crippen LogP contribution in [-0.2, 0) is 11.2 Å². The van der Waals surface area contributed by atoms with Crippen LogP contribution in [0.15, 0.2) is 36.4 Å². The summed E-state index contributed by atoms with van der Waals surface area (Å²) in [5, 5.41) is 61.5. The van der Waals surface area contributed by atoms with E-state index < -0.39 is 29.7 Å². The first-order chi connectivity index (χ1) is 17.5. The Balaban J connectivity index is 1.76. The Kier molecular flexibility index (Phi) is 6.84. The van der Waals surface area contributed by atoms with Gasteiger partial charge in [-0.05, 0) is 36.6 Å². The Bertz CT molecular complexity index is 1330. The predicted octanol–water partition coefficient (Wildman–Crippen LogP) is 4.34. The highest BCUT2D eigenvalue weighted by Gasteiger charge is 2.37. The Morgan fingerprint density at radius 3 is 2.27 bits per heavy atom. The van der Waals surface area contributed by atoms with Gasteiger partial charge < -0.3 is 44.8 Å². The van der Waals surface area contributed by atoms with E-state index in [0.29, 0.717) is 17.5 Å². The predicted molar refractivity (Wildman–Crippen MR) is 131 cm³/mol. The van der Waals surface area contributed by atoms with Crippen LogP contribution in [0.5, 0.6) is 46.0 Å². The maximum Gasteiger partial charge on any atom is 0.338 e. The van der Waals surface area contributed by atoms with Crippen molar-refractivity contribution in [1.82, 2.24) is 0 Å². The molecule has 0 radical (unpaired) electrons. The van der Waals surface area contributed by atoms with Crippen LogP contribution >= 0.6 is 0 Å². The molecule has 0 bridgehead atoms. The number of rotatable bonds is 6. The molecule has 0 aliphatic carbocycles. The van der Waals surface area contributed by atoms with Gasteiger partial charge in [-0.15, -0.1) is 0 Å². The van der Waals surface area contributed by atoms with Crippen LogP contribution in [0, 0.1) is 0 Å². The Morgan fingerprint density at radius 1 is 0.973 bits per heavy atom. The minimum atomic E-state index is -1.06. The van der Waals surface area contributed by atoms with Crippen LogP contribution in [0.1, 0.15) is 59.3 Å². The molecule has 1 unspecified atom stereocenters. The first-order valence-corrected chi connectivity index (χ1v) is 11.6. The normalized spacial score (nSPS) is 17.4. The molecular weight excluding hydrogens is 484 g/mol. The highest BCUT2D eigenvalue weighted by Crippen LogP contribution is 2.46. The summed E-state index contributed by atoms with van der Waals surface area (Å²) >= 11 is 0. The minimum Gasteiger partial charge on any atom is -0.508 e. The number of aromatic hydroxyl groups is 6. The number of fused-ring (bicyclic) bond motifs is 1. The molecule has 0 aromatic heterocycles. The quantitative estimate of drug-likeness (QED) is 0.206. The maximum atomic E-state index is 13.1. The number of carbonyl (C=O) groups is 1. The molecule has 3 aromatic rings. The molecule has 3 atom stereocenters. The lowest BCUT2D eigenvalue weighted by Crippen LogP contribution is -2.34. The zero-order valence-corrected chi connectivity index (χ0v) is 20.4. The van der Waals surface area contributed by atoms with E-state index in [0.717, 1.165) is 12.1 Å². The van der Waals surface area contributed by atoms with Gasteiger partial charge >= 0.3 is 5.97 Å². The van der Waals surface area contributed by atoms with E-state index in [9.17, 15) is 35.4 Å². The van der Waals surface area contributed by atoms with Crippen LogP contribution in [0.4, 0.5) is 0 Å². The van der Waals surface area contributed by atoms with E-state index in [1.54, 1.807) is 0 Å². The fraction of sp³-hybridized carbons (Fsp3) is 0.296. The molecule has 0 saturated heterocycles. The third-order valence-electron chi connectivity index (χ3n) is 6.53. The standard InChI is InChI=1S/C27H28O10/c1-4-12(2)24-18(30)5-13(6-19(24)31)26-23(11-16-17(29)9-15(28)10-21(16)36-26)37-27(34)14-7-20(32)25(33)22(8-14)35-3/h5-10,12,23,26,28-33H,4,11H2,1-3H3/t12?,23-,26-/m1/s1. The van der Waals surface area contributed by atoms with E-state index in [2.05, 4.69) is 0 Å². The van der Waals surface area contributed by atoms with Gasteiger partial charge in [0.05, 0.1) is 12.7 Å². The second-order valence-corrected chi connectivity index (χ2v) is 8.96. The lowest BCUT2D eigenvalue weighted by molar-refractivity contribution is -0.0189. The summed E-state index contributed by atoms with van der Waals surface area (Å²) in [7, 11) is 1.26. The van der Waals surface area contributed by atoms with Crippen molar-refractivity contribution in [2.75, 3.05) is 7.11 Å². The van der Waals surface area contributed by atoms with Crippen molar-refractivity contribution in [3.63, 3.8) is 0 Å². The topological polar surface area (TPSA) is 166 Å². The Labute approximate surface area is 212 Å². The second kappa shape index (κ2) is 9.88. The van der Waals surface area contributed by atoms with Crippen molar-refractivity contribution < 1.29 is 49.6 Å². The van der Waals surface area contributed by atoms with Crippen molar-refractivity contribution in [2.45, 2.75) is 44.8 Å². The Morgan fingerprint density at radius 2 is 1.65 bits per heavy atom. The van der Waals surface area contributed by atoms with Gasteiger partial charge in [-0.25, -0.2) is 4.79 Å². The molecule has 6 N–H and O–H groups in total. The molecule has 0 amide bonds. The number of ether oxygens (including phenoxy) is 3. The molecule has 3 aromatic carbocycles. The van der Waals surface area contributed by atoms with Crippen LogP contribution < -0.4 is 9.47 Å². The van der Waals surface area contributed by atoms with Crippen molar-refractivity contribution >= 4 is 5.97 Å². The number of phenols is 6. The zero-order valence-electron chi connectivity index (χ0n) is 20.4. The molecule has 37 heavy (non-hydrogen) atoms. The summed E-state index contributed by atoms with van der Waals surface area (Å²) in [4.78, 5) is 13.1. The van der Waals surface area contributed by atoms with Gasteiger partial charge in [-0.1, -0.05) is 13.8 Å². The number of hydrogen-bond donors (Lipinski definition) is 6. The molecule has 1 aliphatic heterocycles. The van der Waals surface area contributed by atoms with Crippen molar-refractivity contribution in [1.29, 1.82) is 0 Å². The second-order valence-electron chi connectivity index (χ2n) is 8.96. The number of methoxy groups -OCH3 is 1. The zero-order chi connectivity index (χ0) is 27.0. The van der Waals surface area contributed by atoms with E-state index >= 15 is 0 Å². The fourth-order valence-corrected chi connectivity index (χ4v) is 4.42. The molecule has 0 fully saturated rings. The van der Waals surface area contributed by atoms with E-state index in [1.165, 1.54) is 31.4 Å². The maximum absolute atomic E-state index is 13.1. The average Bonchev–Trinajstić information content (AvgIpc) is 2.84. The van der Waals surface area contributed by atoms with Gasteiger partial charge in [0.2, 0.25) is 5.75 Å². The summed E-state index contributed by atoms with van der Waals surface area (Å²) in [6.07, 6.45) is -1.47. The summed E-state index contributed by atoms with van der Waals surface area (Å²) in [6.45, 7) is 3.78. The van der Waals surface area contributed by atoms with Gasteiger partial charge in [-0.3, -0.25) is 0 Å². The summed E-state index contributed by atoms with van der Waals surface area (Å²) in [6, 6.07) is 7.46. The highest BCUT2D eigenvalue weighted by atomic mass is 16.6. The molecule has 196 valence electrons. The summed E-state index contributed by atoms with van der Waals surface area (Å²) < 4.78 is 16.7. The molecule has 0 saturated carbocycles. The van der Waals surface area contributed by atoms with Gasteiger partial charge in [0.1, 0.15) is 34.9 Å². The summed E-state index contributed by atoms with van der Waals surface area (Å²) in [5.41, 5.74) is 0.824. The lowest BCUT2D eigenvalue weighted by atomic mass is 9.90. The summed E-state index contributed by atoms with van der Waals surface area (Å²) in [5.74, 6) is -2.96. The van der Waals surface area contributed by atoms with Gasteiger partial charge in [-0.2, -0.15) is 0 Å². The lowest BCUT2D eigenvalue weighted by Gasteiger charge is -2.34. The van der Waals surface area contributed by atoms with Gasteiger partial charge in [0.25, 0.3) is 0 Å². The number of hydrogen-bond acceptors (Lipinski definition) is 10. The van der Waals surface area contributed by atoms with Crippen molar-refractivity contribution in [3.05, 3.63) is 58.7 Å². The van der Waals surface area contributed by atoms with Crippen molar-refractivity contribution in [3.8, 4) is 46.0 Å². The molecule has 1 aliphatic rings. The molecule has 0 spiro atoms. The number of carbonyl (C=O) groups excluding carboxylic acids is 1. The largest absolute Gasteiger partial charge is 0.508 e. The number of phenolic OH excluding ortho intramolecular Hbond substituents is 6. The minimum absolute atomic E-state index is 0.0340. The van der Waals surface area contributed by atoms with E-state index in [4.69, 9.17) is 14.2 Å². The van der Waals surface area contributed by atoms with Crippen LogP contribution in [0.25, 0.3) is 0 Å². The first-order valence-electron chi connectivity index (χ1n) is 11.6. The average molecular weight is 513 g/mol. The SMILES string of the molecule is CCC(C)c1c(O)cc([C@H]2Oc3cc(O)cc(O)c3C[C@H]2OC(=O)c2cc(O)c(O)c(OC)c2)cc1O. The van der Waals surface area contributed by atoms with Gasteiger partial charge in [0, 0.05) is 35.2 Å². The molecule has 10 nitrogen and oxygen atoms in total. The van der Waals surface area contributed by atoms with Crippen LogP contribution in [0.3, 0.4) is 0 Å². The molecule has 1 heterocycles. The molecule has 10 heteroatoms. The Hall–Kier alpha value is -4.47. The van der Waals surface area contributed by atoms with Gasteiger partial charge in [0.15, 0.2) is 17.6 Å². The van der Waals surface area contributed by atoms with Crippen molar-refractivity contribution in [2.24, 2.45) is 0 Å². The van der Waals surface area contributed by atoms with E-state index in [-0.39, 0.29) is 58.0 Å². The van der Waals surface area contributed by atoms with Crippen LogP contribution in [0.2, 0.25) is 0 Å². The van der Waals surface area contributed by atoms with Crippen LogP contribution in [-0.4, -0.2) is 49.8 Å². The highest BCUT2D eigenvalue weighted by molar-refractivity contribution is 5.91. The third-order valence-corrected chi connectivity index (χ3v) is 6.53. The van der Waals surface area contributed by atoms with E-state index in [1.807, 2.05) is 13.8 Å². The smallest absolute Gasteiger partial charge is 0.338 e. The molecular formula is C27H28O10. The first kappa shape index (κ1) is 25.6. The monoisotopic (exact) mass is 512 g/mol. The number of esters is 1. The fourth-order valence-electron chi connectivity index (χ4n) is 4.42. The third kappa shape index (κ3) is 4.82.